The van der Waals surface area contributed by atoms with Gasteiger partial charge in [0.15, 0.2) is 0 Å². The summed E-state index contributed by atoms with van der Waals surface area (Å²) in [5.74, 6) is 0. The quantitative estimate of drug-likeness (QED) is 0.417. The van der Waals surface area contributed by atoms with E-state index in [1.807, 2.05) is 12.1 Å². The Morgan fingerprint density at radius 2 is 1.53 bits per heavy atom. The first-order valence-electron chi connectivity index (χ1n) is 6.74. The molecule has 0 fully saturated rings. The van der Waals surface area contributed by atoms with Crippen LogP contribution < -0.4 is 15.9 Å². The molecule has 0 amide bonds. The predicted molar refractivity (Wildman–Crippen MR) is 84.3 cm³/mol. The van der Waals surface area contributed by atoms with E-state index in [-0.39, 0.29) is 0 Å². The third-order valence-corrected chi connectivity index (χ3v) is 4.01. The third kappa shape index (κ3) is 1.62. The van der Waals surface area contributed by atoms with Crippen LogP contribution in [0.5, 0.6) is 0 Å². The molecule has 3 aromatic rings. The van der Waals surface area contributed by atoms with Crippen molar-refractivity contribution >= 4 is 47.0 Å². The summed E-state index contributed by atoms with van der Waals surface area (Å²) in [5, 5.41) is 7.71. The summed E-state index contributed by atoms with van der Waals surface area (Å²) in [6.07, 6.45) is 6.96. The monoisotopic (exact) mass is 240 g/mol. The molecule has 1 aliphatic rings. The molecule has 0 aliphatic heterocycles. The van der Waals surface area contributed by atoms with Crippen molar-refractivity contribution in [2.75, 3.05) is 0 Å². The van der Waals surface area contributed by atoms with Crippen LogP contribution in [0.1, 0.15) is 12.8 Å². The maximum atomic E-state index is 6.07. The SMILES string of the molecule is [B]c1cccc2c1ccc1cc3c(cc12)=CCCC=3. The zero-order chi connectivity index (χ0) is 12.8. The smallest absolute Gasteiger partial charge is 0.0890 e. The van der Waals surface area contributed by atoms with Gasteiger partial charge in [-0.05, 0) is 57.0 Å². The van der Waals surface area contributed by atoms with Crippen LogP contribution in [0.3, 0.4) is 0 Å². The molecule has 0 atom stereocenters. The molecule has 1 heteroatoms. The predicted octanol–water partition coefficient (Wildman–Crippen LogP) is 2.14. The van der Waals surface area contributed by atoms with Crippen molar-refractivity contribution in [2.24, 2.45) is 0 Å². The average Bonchev–Trinajstić information content (AvgIpc) is 2.45. The van der Waals surface area contributed by atoms with Gasteiger partial charge in [-0.3, -0.25) is 0 Å². The zero-order valence-electron chi connectivity index (χ0n) is 10.7. The van der Waals surface area contributed by atoms with E-state index in [0.29, 0.717) is 0 Å². The van der Waals surface area contributed by atoms with Gasteiger partial charge < -0.3 is 0 Å². The van der Waals surface area contributed by atoms with Crippen LogP contribution in [-0.4, -0.2) is 7.85 Å². The van der Waals surface area contributed by atoms with Gasteiger partial charge in [-0.15, -0.1) is 0 Å². The Morgan fingerprint density at radius 1 is 0.737 bits per heavy atom. The van der Waals surface area contributed by atoms with Crippen molar-refractivity contribution in [3.05, 3.63) is 52.9 Å². The van der Waals surface area contributed by atoms with E-state index in [1.54, 1.807) is 0 Å². The summed E-state index contributed by atoms with van der Waals surface area (Å²) in [5.41, 5.74) is 0.854. The second-order valence-electron chi connectivity index (χ2n) is 5.20. The molecule has 0 saturated heterocycles. The van der Waals surface area contributed by atoms with E-state index >= 15 is 0 Å². The molecular weight excluding hydrogens is 227 g/mol. The fourth-order valence-corrected chi connectivity index (χ4v) is 3.03. The van der Waals surface area contributed by atoms with Crippen LogP contribution in [0.15, 0.2) is 42.5 Å². The molecule has 4 rings (SSSR count). The Morgan fingerprint density at radius 3 is 2.37 bits per heavy atom. The lowest BCUT2D eigenvalue weighted by Crippen LogP contribution is -2.26. The lowest BCUT2D eigenvalue weighted by molar-refractivity contribution is 1.12. The van der Waals surface area contributed by atoms with Gasteiger partial charge in [0.2, 0.25) is 0 Å². The second-order valence-corrected chi connectivity index (χ2v) is 5.20. The van der Waals surface area contributed by atoms with E-state index in [0.717, 1.165) is 23.7 Å². The highest BCUT2D eigenvalue weighted by molar-refractivity contribution is 6.39. The van der Waals surface area contributed by atoms with E-state index in [9.17, 15) is 0 Å². The maximum absolute atomic E-state index is 6.07. The van der Waals surface area contributed by atoms with E-state index in [2.05, 4.69) is 42.5 Å². The van der Waals surface area contributed by atoms with E-state index in [4.69, 9.17) is 7.85 Å². The van der Waals surface area contributed by atoms with Crippen molar-refractivity contribution in [3.8, 4) is 0 Å². The Bertz CT molecular complexity index is 920. The molecule has 0 nitrogen and oxygen atoms in total. The number of hydrogen-bond donors (Lipinski definition) is 0. The summed E-state index contributed by atoms with van der Waals surface area (Å²) in [6.45, 7) is 0. The lowest BCUT2D eigenvalue weighted by atomic mass is 9.88. The maximum Gasteiger partial charge on any atom is 0.114 e. The van der Waals surface area contributed by atoms with Gasteiger partial charge in [-0.2, -0.15) is 0 Å². The molecule has 1 aliphatic carbocycles. The molecule has 0 N–H and O–H groups in total. The minimum Gasteiger partial charge on any atom is -0.0890 e. The molecular formula is C18H13B. The average molecular weight is 240 g/mol. The first-order valence-corrected chi connectivity index (χ1v) is 6.74. The molecule has 0 spiro atoms. The number of fused-ring (bicyclic) bond motifs is 4. The summed E-state index contributed by atoms with van der Waals surface area (Å²) >= 11 is 0. The van der Waals surface area contributed by atoms with Crippen LogP contribution in [0.2, 0.25) is 0 Å². The van der Waals surface area contributed by atoms with Gasteiger partial charge in [0, 0.05) is 0 Å². The summed E-state index contributed by atoms with van der Waals surface area (Å²) in [7, 11) is 6.07. The van der Waals surface area contributed by atoms with Gasteiger partial charge in [-0.1, -0.05) is 47.9 Å². The molecule has 88 valence electrons. The normalized spacial score (nSPS) is 13.9. The highest BCUT2D eigenvalue weighted by Crippen LogP contribution is 2.22. The fraction of sp³-hybridized carbons (Fsp3) is 0.111. The lowest BCUT2D eigenvalue weighted by Gasteiger charge is -2.08. The summed E-state index contributed by atoms with van der Waals surface area (Å²) in [6, 6.07) is 15.1. The highest BCUT2D eigenvalue weighted by Gasteiger charge is 2.03. The molecule has 3 aromatic carbocycles. The fourth-order valence-electron chi connectivity index (χ4n) is 3.03. The highest BCUT2D eigenvalue weighted by atomic mass is 14.1. The Balaban J connectivity index is 2.26. The largest absolute Gasteiger partial charge is 0.114 e. The Labute approximate surface area is 113 Å². The number of hydrogen-bond acceptors (Lipinski definition) is 0. The van der Waals surface area contributed by atoms with Gasteiger partial charge in [0.1, 0.15) is 7.85 Å². The molecule has 0 unspecified atom stereocenters. The van der Waals surface area contributed by atoms with Crippen LogP contribution in [0.25, 0.3) is 33.7 Å². The topological polar surface area (TPSA) is 0 Å². The van der Waals surface area contributed by atoms with Gasteiger partial charge in [0.25, 0.3) is 0 Å². The molecule has 19 heavy (non-hydrogen) atoms. The molecule has 0 bridgehead atoms. The first-order chi connectivity index (χ1) is 9.33. The van der Waals surface area contributed by atoms with Crippen molar-refractivity contribution < 1.29 is 0 Å². The minimum absolute atomic E-state index is 0.854. The third-order valence-electron chi connectivity index (χ3n) is 4.01. The van der Waals surface area contributed by atoms with Gasteiger partial charge >= 0.3 is 0 Å². The van der Waals surface area contributed by atoms with Gasteiger partial charge in [-0.25, -0.2) is 0 Å². The van der Waals surface area contributed by atoms with Gasteiger partial charge in [0.05, 0.1) is 0 Å². The molecule has 0 saturated carbocycles. The zero-order valence-corrected chi connectivity index (χ0v) is 10.7. The Kier molecular flexibility index (Phi) is 2.28. The summed E-state index contributed by atoms with van der Waals surface area (Å²) in [4.78, 5) is 0. The van der Waals surface area contributed by atoms with Crippen molar-refractivity contribution in [2.45, 2.75) is 12.8 Å². The Hall–Kier alpha value is -2.02. The minimum atomic E-state index is 0.854. The van der Waals surface area contributed by atoms with Crippen LogP contribution in [0.4, 0.5) is 0 Å². The molecule has 2 radical (unpaired) electrons. The first kappa shape index (κ1) is 10.9. The number of rotatable bonds is 0. The van der Waals surface area contributed by atoms with Crippen LogP contribution in [0, 0.1) is 0 Å². The van der Waals surface area contributed by atoms with E-state index < -0.39 is 0 Å². The van der Waals surface area contributed by atoms with Crippen LogP contribution >= 0.6 is 0 Å². The standard InChI is InChI=1S/C18H13B/c19-18-7-3-6-15-16(18)9-8-14-10-12-4-1-2-5-13(12)11-17(14)15/h3-11H,1-2H2. The van der Waals surface area contributed by atoms with E-state index in [1.165, 1.54) is 26.6 Å². The number of benzene rings is 3. The van der Waals surface area contributed by atoms with Crippen molar-refractivity contribution in [1.82, 2.24) is 0 Å². The van der Waals surface area contributed by atoms with Crippen molar-refractivity contribution in [1.29, 1.82) is 0 Å². The molecule has 0 aromatic heterocycles. The molecule has 0 heterocycles. The summed E-state index contributed by atoms with van der Waals surface area (Å²) < 4.78 is 0. The van der Waals surface area contributed by atoms with Crippen LogP contribution in [-0.2, 0) is 0 Å². The van der Waals surface area contributed by atoms with Crippen molar-refractivity contribution in [3.63, 3.8) is 0 Å². The second kappa shape index (κ2) is 3.99.